The van der Waals surface area contributed by atoms with Crippen LogP contribution in [0.5, 0.6) is 0 Å². The summed E-state index contributed by atoms with van der Waals surface area (Å²) in [7, 11) is 0. The van der Waals surface area contributed by atoms with Crippen molar-refractivity contribution in [3.8, 4) is 0 Å². The zero-order valence-corrected chi connectivity index (χ0v) is 16.7. The summed E-state index contributed by atoms with van der Waals surface area (Å²) in [6, 6.07) is 13.0. The fourth-order valence-corrected chi connectivity index (χ4v) is 3.47. The van der Waals surface area contributed by atoms with Crippen LogP contribution in [-0.2, 0) is 9.53 Å². The van der Waals surface area contributed by atoms with Gasteiger partial charge in [-0.1, -0.05) is 24.3 Å². The van der Waals surface area contributed by atoms with E-state index in [1.807, 2.05) is 63.2 Å². The van der Waals surface area contributed by atoms with E-state index in [0.717, 1.165) is 31.2 Å². The van der Waals surface area contributed by atoms with Crippen LogP contribution < -0.4 is 4.90 Å². The Morgan fingerprint density at radius 2 is 1.93 bits per heavy atom. The predicted molar refractivity (Wildman–Crippen MR) is 108 cm³/mol. The van der Waals surface area contributed by atoms with E-state index in [0.29, 0.717) is 18.1 Å². The summed E-state index contributed by atoms with van der Waals surface area (Å²) in [4.78, 5) is 32.6. The second kappa shape index (κ2) is 8.42. The number of piperidine rings is 1. The van der Waals surface area contributed by atoms with Gasteiger partial charge in [0.05, 0.1) is 11.7 Å². The summed E-state index contributed by atoms with van der Waals surface area (Å²) >= 11 is 0. The second-order valence-corrected chi connectivity index (χ2v) is 7.92. The molecule has 2 amide bonds. The first-order chi connectivity index (χ1) is 13.4. The van der Waals surface area contributed by atoms with Crippen molar-refractivity contribution in [2.24, 2.45) is 0 Å². The molecule has 0 radical (unpaired) electrons. The van der Waals surface area contributed by atoms with Crippen molar-refractivity contribution < 1.29 is 14.3 Å². The Balaban J connectivity index is 2.08. The predicted octanol–water partition coefficient (Wildman–Crippen LogP) is 4.84. The number of likely N-dealkylation sites (tertiary alicyclic amines) is 1. The first-order valence-electron chi connectivity index (χ1n) is 9.65. The van der Waals surface area contributed by atoms with Crippen molar-refractivity contribution in [3.63, 3.8) is 0 Å². The van der Waals surface area contributed by atoms with Gasteiger partial charge in [-0.15, -0.1) is 0 Å². The summed E-state index contributed by atoms with van der Waals surface area (Å²) in [5.74, 6) is 0.502. The van der Waals surface area contributed by atoms with Crippen molar-refractivity contribution in [2.75, 3.05) is 11.4 Å². The quantitative estimate of drug-likeness (QED) is 0.711. The largest absolute Gasteiger partial charge is 0.443 e. The van der Waals surface area contributed by atoms with E-state index in [1.54, 1.807) is 11.1 Å². The van der Waals surface area contributed by atoms with Gasteiger partial charge in [-0.2, -0.15) is 0 Å². The molecule has 6 heteroatoms. The number of nitrogens with zero attached hydrogens (tertiary/aromatic N) is 3. The van der Waals surface area contributed by atoms with Gasteiger partial charge in [0.2, 0.25) is 6.41 Å². The first-order valence-corrected chi connectivity index (χ1v) is 9.65. The summed E-state index contributed by atoms with van der Waals surface area (Å²) in [6.07, 6.45) is 4.91. The molecule has 0 spiro atoms. The topological polar surface area (TPSA) is 62.7 Å². The maximum Gasteiger partial charge on any atom is 0.420 e. The molecule has 2 aromatic rings. The minimum Gasteiger partial charge on any atom is -0.443 e. The Morgan fingerprint density at radius 1 is 1.18 bits per heavy atom. The van der Waals surface area contributed by atoms with Crippen LogP contribution in [-0.4, -0.2) is 34.5 Å². The molecule has 1 atom stereocenters. The van der Waals surface area contributed by atoms with Crippen molar-refractivity contribution >= 4 is 24.0 Å². The normalized spacial score (nSPS) is 17.1. The van der Waals surface area contributed by atoms with E-state index in [-0.39, 0.29) is 6.04 Å². The number of rotatable bonds is 4. The molecular weight excluding hydrogens is 354 g/mol. The number of carbonyl (C=O) groups is 2. The van der Waals surface area contributed by atoms with Crippen molar-refractivity contribution in [1.29, 1.82) is 0 Å². The number of anilines is 2. The van der Waals surface area contributed by atoms with Gasteiger partial charge in [-0.3, -0.25) is 4.79 Å². The highest BCUT2D eigenvalue weighted by atomic mass is 16.6. The highest BCUT2D eigenvalue weighted by molar-refractivity contribution is 5.96. The van der Waals surface area contributed by atoms with Crippen LogP contribution in [0.2, 0.25) is 0 Å². The van der Waals surface area contributed by atoms with E-state index in [1.165, 1.54) is 4.90 Å². The van der Waals surface area contributed by atoms with Gasteiger partial charge in [0.15, 0.2) is 0 Å². The molecule has 2 heterocycles. The number of para-hydroxylation sites is 1. The summed E-state index contributed by atoms with van der Waals surface area (Å²) in [6.45, 7) is 6.22. The van der Waals surface area contributed by atoms with Crippen molar-refractivity contribution in [1.82, 2.24) is 9.88 Å². The zero-order chi connectivity index (χ0) is 20.1. The Labute approximate surface area is 166 Å². The number of amides is 2. The lowest BCUT2D eigenvalue weighted by molar-refractivity contribution is -0.121. The number of ether oxygens (including phenoxy) is 1. The second-order valence-electron chi connectivity index (χ2n) is 7.92. The molecule has 1 aliphatic heterocycles. The number of hydrogen-bond acceptors (Lipinski definition) is 4. The lowest BCUT2D eigenvalue weighted by Crippen LogP contribution is -2.37. The molecular formula is C22H27N3O3. The van der Waals surface area contributed by atoms with Crippen LogP contribution in [0.4, 0.5) is 16.3 Å². The number of hydrogen-bond donors (Lipinski definition) is 0. The average Bonchev–Trinajstić information content (AvgIpc) is 2.68. The minimum absolute atomic E-state index is 0.108. The average molecular weight is 381 g/mol. The van der Waals surface area contributed by atoms with E-state index in [4.69, 9.17) is 4.74 Å². The third-order valence-electron chi connectivity index (χ3n) is 4.66. The van der Waals surface area contributed by atoms with Gasteiger partial charge in [0.25, 0.3) is 0 Å². The van der Waals surface area contributed by atoms with Crippen molar-refractivity contribution in [2.45, 2.75) is 51.7 Å². The molecule has 0 aliphatic carbocycles. The fourth-order valence-electron chi connectivity index (χ4n) is 3.47. The van der Waals surface area contributed by atoms with Gasteiger partial charge >= 0.3 is 6.09 Å². The maximum absolute atomic E-state index is 13.1. The van der Waals surface area contributed by atoms with E-state index < -0.39 is 11.7 Å². The van der Waals surface area contributed by atoms with Crippen molar-refractivity contribution in [3.05, 3.63) is 54.2 Å². The van der Waals surface area contributed by atoms with Crippen LogP contribution in [0, 0.1) is 0 Å². The van der Waals surface area contributed by atoms with Crippen LogP contribution in [0.1, 0.15) is 51.6 Å². The Kier molecular flexibility index (Phi) is 5.97. The molecule has 0 bridgehead atoms. The first kappa shape index (κ1) is 19.9. The molecule has 6 nitrogen and oxygen atoms in total. The molecule has 28 heavy (non-hydrogen) atoms. The number of aromatic nitrogens is 1. The van der Waals surface area contributed by atoms with Crippen LogP contribution in [0.25, 0.3) is 0 Å². The Bertz CT molecular complexity index is 817. The molecule has 1 aliphatic rings. The molecule has 148 valence electrons. The minimum atomic E-state index is -0.640. The van der Waals surface area contributed by atoms with Crippen LogP contribution in [0.15, 0.2) is 48.7 Å². The third-order valence-corrected chi connectivity index (χ3v) is 4.66. The molecule has 0 N–H and O–H groups in total. The highest BCUT2D eigenvalue weighted by Gasteiger charge is 2.32. The lowest BCUT2D eigenvalue weighted by atomic mass is 9.96. The van der Waals surface area contributed by atoms with Crippen LogP contribution >= 0.6 is 0 Å². The van der Waals surface area contributed by atoms with E-state index in [2.05, 4.69) is 4.98 Å². The summed E-state index contributed by atoms with van der Waals surface area (Å²) in [5.41, 5.74) is 0.882. The zero-order valence-electron chi connectivity index (χ0n) is 16.7. The Hall–Kier alpha value is -2.89. The summed E-state index contributed by atoms with van der Waals surface area (Å²) in [5, 5.41) is 0. The number of pyridine rings is 1. The number of benzene rings is 1. The molecule has 1 fully saturated rings. The van der Waals surface area contributed by atoms with Gasteiger partial charge in [0.1, 0.15) is 11.4 Å². The molecule has 3 rings (SSSR count). The van der Waals surface area contributed by atoms with Crippen LogP contribution in [0.3, 0.4) is 0 Å². The molecule has 1 unspecified atom stereocenters. The van der Waals surface area contributed by atoms with E-state index in [9.17, 15) is 9.59 Å². The fraction of sp³-hybridized carbons (Fsp3) is 0.409. The third kappa shape index (κ3) is 4.50. The standard InChI is InChI=1S/C22H27N3O3/c1-22(2,3)28-21(27)25(17-10-5-4-6-11-17)20-18(12-9-14-23-20)19-13-7-8-15-24(19)16-26/h4-6,9-12,14,16,19H,7-8,13,15H2,1-3H3. The SMILES string of the molecule is CC(C)(C)OC(=O)N(c1ccccc1)c1ncccc1C1CCCCN1C=O. The highest BCUT2D eigenvalue weighted by Crippen LogP contribution is 2.37. The van der Waals surface area contributed by atoms with Gasteiger partial charge < -0.3 is 9.64 Å². The maximum atomic E-state index is 13.1. The molecule has 1 aromatic heterocycles. The molecule has 0 saturated carbocycles. The smallest absolute Gasteiger partial charge is 0.420 e. The van der Waals surface area contributed by atoms with Gasteiger partial charge in [-0.05, 0) is 58.2 Å². The van der Waals surface area contributed by atoms with E-state index >= 15 is 0 Å². The van der Waals surface area contributed by atoms with Gasteiger partial charge in [0, 0.05) is 18.3 Å². The summed E-state index contributed by atoms with van der Waals surface area (Å²) < 4.78 is 5.67. The van der Waals surface area contributed by atoms with Gasteiger partial charge in [-0.25, -0.2) is 14.7 Å². The Morgan fingerprint density at radius 3 is 2.61 bits per heavy atom. The lowest BCUT2D eigenvalue weighted by Gasteiger charge is -2.35. The molecule has 1 aromatic carbocycles. The number of carbonyl (C=O) groups excluding carboxylic acids is 2. The monoisotopic (exact) mass is 381 g/mol. The molecule has 1 saturated heterocycles.